The summed E-state index contributed by atoms with van der Waals surface area (Å²) in [5.41, 5.74) is 3.17. The van der Waals surface area contributed by atoms with E-state index in [-0.39, 0.29) is 24.4 Å². The van der Waals surface area contributed by atoms with Gasteiger partial charge in [-0.2, -0.15) is 9.78 Å². The molecule has 9 heteroatoms. The lowest BCUT2D eigenvalue weighted by atomic mass is 9.95. The Hall–Kier alpha value is -3.43. The van der Waals surface area contributed by atoms with Crippen molar-refractivity contribution in [2.24, 2.45) is 0 Å². The van der Waals surface area contributed by atoms with Crippen molar-refractivity contribution in [1.29, 1.82) is 0 Å². The third-order valence-electron chi connectivity index (χ3n) is 7.48. The van der Waals surface area contributed by atoms with E-state index in [1.807, 2.05) is 38.1 Å². The third-order valence-corrected chi connectivity index (χ3v) is 7.48. The molecule has 9 nitrogen and oxygen atoms in total. The summed E-state index contributed by atoms with van der Waals surface area (Å²) < 4.78 is 11.0. The number of carbonyl (C=O) groups is 3. The van der Waals surface area contributed by atoms with Crippen LogP contribution in [-0.2, 0) is 41.9 Å². The van der Waals surface area contributed by atoms with Crippen LogP contribution >= 0.6 is 0 Å². The Bertz CT molecular complexity index is 1010. The van der Waals surface area contributed by atoms with Gasteiger partial charge in [0.15, 0.2) is 0 Å². The van der Waals surface area contributed by atoms with Crippen LogP contribution in [-0.4, -0.2) is 42.5 Å². The number of hydrogen-bond acceptors (Lipinski definition) is 9. The van der Waals surface area contributed by atoms with Gasteiger partial charge in [0.1, 0.15) is 24.4 Å². The first-order valence-corrected chi connectivity index (χ1v) is 14.2. The molecule has 0 aliphatic heterocycles. The molecule has 2 aliphatic carbocycles. The number of aryl methyl sites for hydroxylation is 2. The van der Waals surface area contributed by atoms with Crippen LogP contribution in [0.4, 0.5) is 4.79 Å². The van der Waals surface area contributed by atoms with Gasteiger partial charge in [0.05, 0.1) is 11.1 Å². The van der Waals surface area contributed by atoms with Crippen LogP contribution in [0.15, 0.2) is 48.5 Å². The number of benzene rings is 2. The highest BCUT2D eigenvalue weighted by Crippen LogP contribution is 2.27. The minimum atomic E-state index is -0.683. The fourth-order valence-electron chi connectivity index (χ4n) is 4.87. The van der Waals surface area contributed by atoms with Crippen molar-refractivity contribution in [3.63, 3.8) is 0 Å². The van der Waals surface area contributed by atoms with Crippen LogP contribution in [0.3, 0.4) is 0 Å². The summed E-state index contributed by atoms with van der Waals surface area (Å²) >= 11 is 0. The predicted molar refractivity (Wildman–Crippen MR) is 144 cm³/mol. The zero-order valence-electron chi connectivity index (χ0n) is 23.2. The molecule has 0 amide bonds. The van der Waals surface area contributed by atoms with Gasteiger partial charge >= 0.3 is 18.1 Å². The molecule has 0 saturated heterocycles. The summed E-state index contributed by atoms with van der Waals surface area (Å²) in [7, 11) is 0. The van der Waals surface area contributed by atoms with Crippen LogP contribution in [0.25, 0.3) is 0 Å². The molecule has 4 rings (SSSR count). The van der Waals surface area contributed by atoms with Gasteiger partial charge in [-0.05, 0) is 99.6 Å². The maximum atomic E-state index is 12.3. The fraction of sp³-hybridized carbons (Fsp3) is 0.516. The monoisotopic (exact) mass is 554 g/mol. The van der Waals surface area contributed by atoms with Gasteiger partial charge in [0.2, 0.25) is 0 Å². The van der Waals surface area contributed by atoms with Crippen LogP contribution in [0.1, 0.15) is 97.1 Å². The normalized spacial score (nSPS) is 22.6. The molecule has 0 N–H and O–H groups in total. The molecule has 2 fully saturated rings. The first kappa shape index (κ1) is 29.6. The van der Waals surface area contributed by atoms with Crippen molar-refractivity contribution in [1.82, 2.24) is 0 Å². The SMILES string of the molecule is CCc1ccc(C(=O)OOC2CCC(OC(=O)OC3CCC(OOC(=O)c4ccc(CC)cc4)CC3)CC2)cc1. The molecule has 0 spiro atoms. The topological polar surface area (TPSA) is 107 Å². The molecule has 0 bridgehead atoms. The molecular weight excluding hydrogens is 516 g/mol. The molecule has 0 unspecified atom stereocenters. The molecule has 2 saturated carbocycles. The maximum absolute atomic E-state index is 12.3. The highest BCUT2D eigenvalue weighted by molar-refractivity contribution is 5.89. The van der Waals surface area contributed by atoms with Crippen LogP contribution in [0, 0.1) is 0 Å². The lowest BCUT2D eigenvalue weighted by Gasteiger charge is -2.29. The van der Waals surface area contributed by atoms with Gasteiger partial charge in [-0.3, -0.25) is 9.78 Å². The first-order valence-electron chi connectivity index (χ1n) is 14.2. The number of carbonyl (C=O) groups excluding carboxylic acids is 3. The van der Waals surface area contributed by atoms with Gasteiger partial charge in [-0.1, -0.05) is 38.1 Å². The molecule has 0 heterocycles. The summed E-state index contributed by atoms with van der Waals surface area (Å²) in [6.07, 6.45) is 4.87. The van der Waals surface area contributed by atoms with E-state index in [1.165, 1.54) is 0 Å². The highest BCUT2D eigenvalue weighted by Gasteiger charge is 2.30. The summed E-state index contributed by atoms with van der Waals surface area (Å²) in [5, 5.41) is 0. The van der Waals surface area contributed by atoms with E-state index in [0.717, 1.165) is 24.0 Å². The summed E-state index contributed by atoms with van der Waals surface area (Å²) in [6, 6.07) is 14.5. The average molecular weight is 555 g/mol. The second-order valence-electron chi connectivity index (χ2n) is 10.3. The Morgan fingerprint density at radius 2 is 0.875 bits per heavy atom. The van der Waals surface area contributed by atoms with Crippen LogP contribution < -0.4 is 0 Å². The minimum Gasteiger partial charge on any atom is -0.431 e. The lowest BCUT2D eigenvalue weighted by Crippen LogP contribution is -2.32. The Morgan fingerprint density at radius 3 is 1.20 bits per heavy atom. The van der Waals surface area contributed by atoms with Crippen molar-refractivity contribution in [3.05, 3.63) is 70.8 Å². The first-order chi connectivity index (χ1) is 19.4. The summed E-state index contributed by atoms with van der Waals surface area (Å²) in [5.74, 6) is -1.05. The second-order valence-corrected chi connectivity index (χ2v) is 10.3. The minimum absolute atomic E-state index is 0.241. The van der Waals surface area contributed by atoms with Crippen LogP contribution in [0.5, 0.6) is 0 Å². The highest BCUT2D eigenvalue weighted by atomic mass is 17.2. The molecule has 2 aliphatic rings. The Balaban J connectivity index is 1.07. The smallest absolute Gasteiger partial charge is 0.431 e. The Labute approximate surface area is 234 Å². The zero-order chi connectivity index (χ0) is 28.3. The quantitative estimate of drug-likeness (QED) is 0.186. The second kappa shape index (κ2) is 14.8. The Kier molecular flexibility index (Phi) is 10.9. The maximum Gasteiger partial charge on any atom is 0.508 e. The van der Waals surface area contributed by atoms with Crippen molar-refractivity contribution >= 4 is 18.1 Å². The van der Waals surface area contributed by atoms with Gasteiger partial charge in [-0.15, -0.1) is 0 Å². The van der Waals surface area contributed by atoms with Crippen molar-refractivity contribution in [2.45, 2.75) is 102 Å². The molecular formula is C31H38O9. The molecule has 0 atom stereocenters. The predicted octanol–water partition coefficient (Wildman–Crippen LogP) is 6.46. The van der Waals surface area contributed by atoms with E-state index < -0.39 is 18.1 Å². The number of ether oxygens (including phenoxy) is 2. The van der Waals surface area contributed by atoms with Gasteiger partial charge in [0, 0.05) is 0 Å². The molecule has 2 aromatic carbocycles. The van der Waals surface area contributed by atoms with E-state index in [1.54, 1.807) is 24.3 Å². The molecule has 2 aromatic rings. The standard InChI is InChI=1S/C31H38O9/c1-3-21-5-9-23(10-6-21)29(32)39-37-27-17-13-25(14-18-27)35-31(34)36-26-15-19-28(20-16-26)38-40-30(33)24-11-7-22(4-2)8-12-24/h5-12,25-28H,3-4,13-20H2,1-2H3. The largest absolute Gasteiger partial charge is 0.508 e. The average Bonchev–Trinajstić information content (AvgIpc) is 3.00. The Morgan fingerprint density at radius 1 is 0.550 bits per heavy atom. The third kappa shape index (κ3) is 8.79. The van der Waals surface area contributed by atoms with Gasteiger partial charge < -0.3 is 9.47 Å². The van der Waals surface area contributed by atoms with Gasteiger partial charge in [0.25, 0.3) is 0 Å². The zero-order valence-corrected chi connectivity index (χ0v) is 23.2. The summed E-state index contributed by atoms with van der Waals surface area (Å²) in [4.78, 5) is 57.4. The van der Waals surface area contributed by atoms with Crippen molar-refractivity contribution < 1.29 is 43.4 Å². The van der Waals surface area contributed by atoms with E-state index >= 15 is 0 Å². The molecule has 216 valence electrons. The van der Waals surface area contributed by atoms with E-state index in [2.05, 4.69) is 0 Å². The van der Waals surface area contributed by atoms with E-state index in [4.69, 9.17) is 29.0 Å². The molecule has 0 aromatic heterocycles. The van der Waals surface area contributed by atoms with E-state index in [9.17, 15) is 14.4 Å². The van der Waals surface area contributed by atoms with Crippen molar-refractivity contribution in [2.75, 3.05) is 0 Å². The fourth-order valence-corrected chi connectivity index (χ4v) is 4.87. The number of rotatable bonds is 10. The van der Waals surface area contributed by atoms with E-state index in [0.29, 0.717) is 62.5 Å². The van der Waals surface area contributed by atoms with Crippen molar-refractivity contribution in [3.8, 4) is 0 Å². The summed E-state index contributed by atoms with van der Waals surface area (Å²) in [6.45, 7) is 4.10. The van der Waals surface area contributed by atoms with Crippen LogP contribution in [0.2, 0.25) is 0 Å². The molecule has 0 radical (unpaired) electrons. The van der Waals surface area contributed by atoms with Gasteiger partial charge in [-0.25, -0.2) is 14.4 Å². The number of hydrogen-bond donors (Lipinski definition) is 0. The molecule has 40 heavy (non-hydrogen) atoms. The lowest BCUT2D eigenvalue weighted by molar-refractivity contribution is -0.282.